The summed E-state index contributed by atoms with van der Waals surface area (Å²) >= 11 is 3.49. The van der Waals surface area contributed by atoms with Gasteiger partial charge in [0.05, 0.1) is 0 Å². The van der Waals surface area contributed by atoms with E-state index in [0.29, 0.717) is 5.41 Å². The van der Waals surface area contributed by atoms with Gasteiger partial charge in [0.2, 0.25) is 0 Å². The molecule has 2 heteroatoms. The standard InChI is InChI=1S/C16H22BrN/c17-14-6-4-13(5-7-14)12-18-15-8-11-16(15)9-2-1-3-10-16/h4-7,15,18H,1-3,8-12H2. The normalized spacial score (nSPS) is 25.9. The number of benzene rings is 1. The van der Waals surface area contributed by atoms with E-state index in [1.165, 1.54) is 55.0 Å². The second-order valence-electron chi connectivity index (χ2n) is 6.02. The topological polar surface area (TPSA) is 12.0 Å². The van der Waals surface area contributed by atoms with Crippen molar-refractivity contribution in [2.24, 2.45) is 5.41 Å². The van der Waals surface area contributed by atoms with E-state index in [2.05, 4.69) is 45.5 Å². The van der Waals surface area contributed by atoms with Crippen molar-refractivity contribution in [3.8, 4) is 0 Å². The van der Waals surface area contributed by atoms with Crippen LogP contribution in [-0.2, 0) is 6.54 Å². The van der Waals surface area contributed by atoms with Crippen molar-refractivity contribution in [1.29, 1.82) is 0 Å². The lowest BCUT2D eigenvalue weighted by Crippen LogP contribution is -2.53. The highest BCUT2D eigenvalue weighted by molar-refractivity contribution is 9.10. The molecule has 1 nitrogen and oxygen atoms in total. The summed E-state index contributed by atoms with van der Waals surface area (Å²) in [6, 6.07) is 9.47. The average molecular weight is 308 g/mol. The molecule has 0 saturated heterocycles. The second-order valence-corrected chi connectivity index (χ2v) is 6.94. The lowest BCUT2D eigenvalue weighted by atomic mass is 9.57. The molecule has 1 spiro atoms. The first kappa shape index (κ1) is 12.7. The molecule has 2 saturated carbocycles. The molecule has 18 heavy (non-hydrogen) atoms. The minimum Gasteiger partial charge on any atom is -0.309 e. The van der Waals surface area contributed by atoms with Gasteiger partial charge in [-0.1, -0.05) is 47.3 Å². The van der Waals surface area contributed by atoms with Gasteiger partial charge < -0.3 is 5.32 Å². The Bertz CT molecular complexity index is 392. The van der Waals surface area contributed by atoms with Crippen molar-refractivity contribution in [2.45, 2.75) is 57.5 Å². The molecular weight excluding hydrogens is 286 g/mol. The number of hydrogen-bond acceptors (Lipinski definition) is 1. The largest absolute Gasteiger partial charge is 0.309 e. The van der Waals surface area contributed by atoms with Crippen molar-refractivity contribution in [1.82, 2.24) is 5.32 Å². The Hall–Kier alpha value is -0.340. The fourth-order valence-electron chi connectivity index (χ4n) is 3.71. The lowest BCUT2D eigenvalue weighted by Gasteiger charge is -2.52. The fraction of sp³-hybridized carbons (Fsp3) is 0.625. The zero-order valence-corrected chi connectivity index (χ0v) is 12.5. The molecule has 1 N–H and O–H groups in total. The summed E-state index contributed by atoms with van der Waals surface area (Å²) in [6.45, 7) is 1.03. The van der Waals surface area contributed by atoms with Gasteiger partial charge in [-0.3, -0.25) is 0 Å². The third-order valence-corrected chi connectivity index (χ3v) is 5.51. The van der Waals surface area contributed by atoms with Crippen molar-refractivity contribution in [3.05, 3.63) is 34.3 Å². The van der Waals surface area contributed by atoms with Crippen molar-refractivity contribution < 1.29 is 0 Å². The Kier molecular flexibility index (Phi) is 3.76. The minimum atomic E-state index is 0.674. The van der Waals surface area contributed by atoms with Gasteiger partial charge in [-0.2, -0.15) is 0 Å². The SMILES string of the molecule is Brc1ccc(CNC2CCC23CCCCC3)cc1. The summed E-state index contributed by atoms with van der Waals surface area (Å²) in [5, 5.41) is 3.80. The Morgan fingerprint density at radius 2 is 1.78 bits per heavy atom. The van der Waals surface area contributed by atoms with Crippen LogP contribution in [0, 0.1) is 5.41 Å². The molecule has 0 bridgehead atoms. The summed E-state index contributed by atoms with van der Waals surface area (Å²) < 4.78 is 1.17. The molecule has 1 aromatic rings. The highest BCUT2D eigenvalue weighted by Crippen LogP contribution is 2.51. The molecule has 0 aromatic heterocycles. The van der Waals surface area contributed by atoms with E-state index < -0.39 is 0 Å². The van der Waals surface area contributed by atoms with Gasteiger partial charge in [-0.15, -0.1) is 0 Å². The maximum absolute atomic E-state index is 3.80. The molecule has 1 atom stereocenters. The molecular formula is C16H22BrN. The van der Waals surface area contributed by atoms with E-state index >= 15 is 0 Å². The Balaban J connectivity index is 1.55. The molecule has 1 aromatic carbocycles. The molecule has 2 aliphatic carbocycles. The van der Waals surface area contributed by atoms with Gasteiger partial charge in [-0.05, 0) is 48.8 Å². The molecule has 3 rings (SSSR count). The molecule has 0 amide bonds. The highest BCUT2D eigenvalue weighted by Gasteiger charge is 2.46. The zero-order chi connectivity index (χ0) is 12.4. The van der Waals surface area contributed by atoms with Gasteiger partial charge in [0, 0.05) is 17.1 Å². The summed E-state index contributed by atoms with van der Waals surface area (Å²) in [6.07, 6.45) is 10.1. The number of nitrogens with one attached hydrogen (secondary N) is 1. The first-order valence-corrected chi connectivity index (χ1v) is 8.06. The van der Waals surface area contributed by atoms with Crippen molar-refractivity contribution in [2.75, 3.05) is 0 Å². The third kappa shape index (κ3) is 2.50. The van der Waals surface area contributed by atoms with Crippen LogP contribution >= 0.6 is 15.9 Å². The lowest BCUT2D eigenvalue weighted by molar-refractivity contribution is 0.0221. The average Bonchev–Trinajstić information content (AvgIpc) is 2.41. The van der Waals surface area contributed by atoms with E-state index in [-0.39, 0.29) is 0 Å². The number of hydrogen-bond donors (Lipinski definition) is 1. The van der Waals surface area contributed by atoms with Crippen LogP contribution in [-0.4, -0.2) is 6.04 Å². The Labute approximate surface area is 118 Å². The number of halogens is 1. The van der Waals surface area contributed by atoms with Crippen LogP contribution in [0.1, 0.15) is 50.5 Å². The van der Waals surface area contributed by atoms with E-state index in [1.807, 2.05) is 0 Å². The monoisotopic (exact) mass is 307 g/mol. The summed E-state index contributed by atoms with van der Waals surface area (Å²) in [5.74, 6) is 0. The molecule has 0 radical (unpaired) electrons. The van der Waals surface area contributed by atoms with Crippen LogP contribution in [0.15, 0.2) is 28.7 Å². The van der Waals surface area contributed by atoms with Gasteiger partial charge in [0.1, 0.15) is 0 Å². The molecule has 1 unspecified atom stereocenters. The molecule has 0 heterocycles. The predicted octanol–water partition coefficient (Wildman–Crippen LogP) is 4.65. The molecule has 98 valence electrons. The van der Waals surface area contributed by atoms with Crippen LogP contribution in [0.25, 0.3) is 0 Å². The third-order valence-electron chi connectivity index (χ3n) is 4.99. The van der Waals surface area contributed by atoms with Crippen molar-refractivity contribution >= 4 is 15.9 Å². The first-order valence-electron chi connectivity index (χ1n) is 7.26. The Morgan fingerprint density at radius 1 is 1.06 bits per heavy atom. The highest BCUT2D eigenvalue weighted by atomic mass is 79.9. The zero-order valence-electron chi connectivity index (χ0n) is 10.9. The van der Waals surface area contributed by atoms with Crippen LogP contribution < -0.4 is 5.32 Å². The fourth-order valence-corrected chi connectivity index (χ4v) is 3.98. The number of rotatable bonds is 3. The second kappa shape index (κ2) is 5.34. The molecule has 2 aliphatic rings. The first-order chi connectivity index (χ1) is 8.78. The maximum Gasteiger partial charge on any atom is 0.0208 e. The minimum absolute atomic E-state index is 0.674. The van der Waals surface area contributed by atoms with Gasteiger partial charge in [0.25, 0.3) is 0 Å². The smallest absolute Gasteiger partial charge is 0.0208 e. The van der Waals surface area contributed by atoms with Gasteiger partial charge in [0.15, 0.2) is 0 Å². The van der Waals surface area contributed by atoms with E-state index in [4.69, 9.17) is 0 Å². The van der Waals surface area contributed by atoms with Crippen LogP contribution in [0.4, 0.5) is 0 Å². The van der Waals surface area contributed by atoms with Crippen LogP contribution in [0.3, 0.4) is 0 Å². The quantitative estimate of drug-likeness (QED) is 0.857. The molecule has 2 fully saturated rings. The van der Waals surface area contributed by atoms with Gasteiger partial charge >= 0.3 is 0 Å². The van der Waals surface area contributed by atoms with E-state index in [0.717, 1.165) is 12.6 Å². The Morgan fingerprint density at radius 3 is 2.39 bits per heavy atom. The van der Waals surface area contributed by atoms with E-state index in [9.17, 15) is 0 Å². The van der Waals surface area contributed by atoms with E-state index in [1.54, 1.807) is 0 Å². The maximum atomic E-state index is 3.80. The molecule has 0 aliphatic heterocycles. The van der Waals surface area contributed by atoms with Crippen molar-refractivity contribution in [3.63, 3.8) is 0 Å². The van der Waals surface area contributed by atoms with Crippen LogP contribution in [0.2, 0.25) is 0 Å². The summed E-state index contributed by atoms with van der Waals surface area (Å²) in [7, 11) is 0. The van der Waals surface area contributed by atoms with Gasteiger partial charge in [-0.25, -0.2) is 0 Å². The van der Waals surface area contributed by atoms with Crippen LogP contribution in [0.5, 0.6) is 0 Å². The summed E-state index contributed by atoms with van der Waals surface area (Å²) in [4.78, 5) is 0. The summed E-state index contributed by atoms with van der Waals surface area (Å²) in [5.41, 5.74) is 2.07. The predicted molar refractivity (Wildman–Crippen MR) is 79.5 cm³/mol.